The zero-order chi connectivity index (χ0) is 11.8. The standard InChI is InChI=1S/C13H20ClNO.ClH/c1-3-15(4-2)9-10-16-13-7-5-12(11-14)6-8-13;/h5-8H,3-4,9-11H2,1-2H3;1H. The Morgan fingerprint density at radius 2 is 1.71 bits per heavy atom. The van der Waals surface area contributed by atoms with E-state index in [1.54, 1.807) is 0 Å². The molecular weight excluding hydrogens is 257 g/mol. The van der Waals surface area contributed by atoms with Crippen LogP contribution in [0.25, 0.3) is 0 Å². The fraction of sp³-hybridized carbons (Fsp3) is 0.538. The molecule has 0 N–H and O–H groups in total. The van der Waals surface area contributed by atoms with Crippen molar-refractivity contribution >= 4 is 24.0 Å². The number of alkyl halides is 1. The first-order valence-electron chi connectivity index (χ1n) is 5.80. The van der Waals surface area contributed by atoms with Crippen LogP contribution in [-0.4, -0.2) is 31.1 Å². The lowest BCUT2D eigenvalue weighted by molar-refractivity contribution is 0.223. The molecule has 17 heavy (non-hydrogen) atoms. The molecule has 0 fully saturated rings. The van der Waals surface area contributed by atoms with Gasteiger partial charge in [0.25, 0.3) is 0 Å². The number of nitrogens with zero attached hydrogens (tertiary/aromatic N) is 1. The number of hydrogen-bond acceptors (Lipinski definition) is 2. The smallest absolute Gasteiger partial charge is 0.119 e. The van der Waals surface area contributed by atoms with E-state index in [1.165, 1.54) is 0 Å². The molecule has 4 heteroatoms. The predicted octanol–water partition coefficient (Wildman–Crippen LogP) is 3.57. The zero-order valence-electron chi connectivity index (χ0n) is 10.5. The molecule has 0 atom stereocenters. The minimum Gasteiger partial charge on any atom is -0.492 e. The minimum absolute atomic E-state index is 0. The summed E-state index contributed by atoms with van der Waals surface area (Å²) in [5.41, 5.74) is 1.12. The summed E-state index contributed by atoms with van der Waals surface area (Å²) in [5.74, 6) is 1.47. The first kappa shape index (κ1) is 16.6. The Labute approximate surface area is 115 Å². The van der Waals surface area contributed by atoms with Crippen LogP contribution in [0, 0.1) is 0 Å². The molecule has 98 valence electrons. The van der Waals surface area contributed by atoms with Crippen molar-refractivity contribution in [2.75, 3.05) is 26.2 Å². The first-order chi connectivity index (χ1) is 7.80. The Morgan fingerprint density at radius 3 is 2.18 bits per heavy atom. The SMILES string of the molecule is CCN(CC)CCOc1ccc(CCl)cc1.Cl. The summed E-state index contributed by atoms with van der Waals surface area (Å²) in [6.45, 7) is 8.19. The van der Waals surface area contributed by atoms with Crippen molar-refractivity contribution in [1.82, 2.24) is 4.90 Å². The summed E-state index contributed by atoms with van der Waals surface area (Å²) < 4.78 is 5.65. The van der Waals surface area contributed by atoms with E-state index in [1.807, 2.05) is 24.3 Å². The fourth-order valence-corrected chi connectivity index (χ4v) is 1.69. The maximum atomic E-state index is 5.72. The van der Waals surface area contributed by atoms with E-state index in [0.29, 0.717) is 5.88 Å². The third-order valence-corrected chi connectivity index (χ3v) is 2.96. The van der Waals surface area contributed by atoms with Gasteiger partial charge >= 0.3 is 0 Å². The number of benzene rings is 1. The molecule has 0 aliphatic rings. The van der Waals surface area contributed by atoms with Gasteiger partial charge in [0.2, 0.25) is 0 Å². The van der Waals surface area contributed by atoms with Crippen molar-refractivity contribution in [2.45, 2.75) is 19.7 Å². The van der Waals surface area contributed by atoms with Gasteiger partial charge in [0.15, 0.2) is 0 Å². The Kier molecular flexibility index (Phi) is 9.33. The van der Waals surface area contributed by atoms with Crippen molar-refractivity contribution in [3.8, 4) is 5.75 Å². The average molecular weight is 278 g/mol. The highest BCUT2D eigenvalue weighted by molar-refractivity contribution is 6.17. The molecule has 2 nitrogen and oxygen atoms in total. The fourth-order valence-electron chi connectivity index (χ4n) is 1.51. The molecule has 0 saturated carbocycles. The summed E-state index contributed by atoms with van der Waals surface area (Å²) in [6.07, 6.45) is 0. The Bertz CT molecular complexity index is 286. The highest BCUT2D eigenvalue weighted by Gasteiger charge is 1.99. The summed E-state index contributed by atoms with van der Waals surface area (Å²) >= 11 is 5.72. The van der Waals surface area contributed by atoms with Gasteiger partial charge in [-0.1, -0.05) is 26.0 Å². The monoisotopic (exact) mass is 277 g/mol. The van der Waals surface area contributed by atoms with Crippen LogP contribution in [0.3, 0.4) is 0 Å². The molecule has 0 aliphatic heterocycles. The number of ether oxygens (including phenoxy) is 1. The summed E-state index contributed by atoms with van der Waals surface area (Å²) in [5, 5.41) is 0. The van der Waals surface area contributed by atoms with Gasteiger partial charge in [0.1, 0.15) is 12.4 Å². The quantitative estimate of drug-likeness (QED) is 0.707. The summed E-state index contributed by atoms with van der Waals surface area (Å²) in [7, 11) is 0. The second-order valence-electron chi connectivity index (χ2n) is 3.65. The van der Waals surface area contributed by atoms with E-state index in [9.17, 15) is 0 Å². The van der Waals surface area contributed by atoms with Gasteiger partial charge in [-0.25, -0.2) is 0 Å². The van der Waals surface area contributed by atoms with Crippen molar-refractivity contribution < 1.29 is 4.74 Å². The van der Waals surface area contributed by atoms with Gasteiger partial charge in [-0.15, -0.1) is 24.0 Å². The number of hydrogen-bond donors (Lipinski definition) is 0. The van der Waals surface area contributed by atoms with Crippen LogP contribution < -0.4 is 4.74 Å². The molecule has 0 spiro atoms. The Balaban J connectivity index is 0.00000256. The van der Waals surface area contributed by atoms with E-state index in [2.05, 4.69) is 18.7 Å². The number of rotatable bonds is 7. The van der Waals surface area contributed by atoms with Crippen LogP contribution in [0.15, 0.2) is 24.3 Å². The largest absolute Gasteiger partial charge is 0.492 e. The van der Waals surface area contributed by atoms with Crippen molar-refractivity contribution in [2.24, 2.45) is 0 Å². The highest BCUT2D eigenvalue weighted by Crippen LogP contribution is 2.13. The van der Waals surface area contributed by atoms with Crippen LogP contribution >= 0.6 is 24.0 Å². The normalized spacial score (nSPS) is 10.1. The van der Waals surface area contributed by atoms with Gasteiger partial charge in [-0.2, -0.15) is 0 Å². The molecule has 1 rings (SSSR count). The maximum Gasteiger partial charge on any atom is 0.119 e. The van der Waals surface area contributed by atoms with Gasteiger partial charge in [0, 0.05) is 12.4 Å². The molecule has 1 aromatic rings. The maximum absolute atomic E-state index is 5.72. The van der Waals surface area contributed by atoms with E-state index < -0.39 is 0 Å². The minimum atomic E-state index is 0. The van der Waals surface area contributed by atoms with Crippen molar-refractivity contribution in [3.05, 3.63) is 29.8 Å². The highest BCUT2D eigenvalue weighted by atomic mass is 35.5. The third-order valence-electron chi connectivity index (χ3n) is 2.65. The summed E-state index contributed by atoms with van der Waals surface area (Å²) in [6, 6.07) is 7.94. The molecule has 0 saturated heterocycles. The van der Waals surface area contributed by atoms with E-state index >= 15 is 0 Å². The zero-order valence-corrected chi connectivity index (χ0v) is 12.1. The molecular formula is C13H21Cl2NO. The molecule has 0 aromatic heterocycles. The van der Waals surface area contributed by atoms with Crippen LogP contribution in [0.1, 0.15) is 19.4 Å². The van der Waals surface area contributed by atoms with E-state index in [4.69, 9.17) is 16.3 Å². The van der Waals surface area contributed by atoms with Crippen LogP contribution in [0.4, 0.5) is 0 Å². The molecule has 0 unspecified atom stereocenters. The molecule has 0 amide bonds. The second kappa shape index (κ2) is 9.58. The predicted molar refractivity (Wildman–Crippen MR) is 76.5 cm³/mol. The lowest BCUT2D eigenvalue weighted by Crippen LogP contribution is -2.27. The lowest BCUT2D eigenvalue weighted by atomic mass is 10.2. The van der Waals surface area contributed by atoms with Crippen LogP contribution in [0.2, 0.25) is 0 Å². The van der Waals surface area contributed by atoms with E-state index in [-0.39, 0.29) is 12.4 Å². The van der Waals surface area contributed by atoms with Gasteiger partial charge in [-0.3, -0.25) is 0 Å². The topological polar surface area (TPSA) is 12.5 Å². The van der Waals surface area contributed by atoms with Gasteiger partial charge in [0.05, 0.1) is 0 Å². The first-order valence-corrected chi connectivity index (χ1v) is 6.33. The third kappa shape index (κ3) is 6.16. The van der Waals surface area contributed by atoms with Gasteiger partial charge in [-0.05, 0) is 30.8 Å². The van der Waals surface area contributed by atoms with E-state index in [0.717, 1.165) is 37.6 Å². The molecule has 0 aliphatic carbocycles. The molecule has 0 radical (unpaired) electrons. The van der Waals surface area contributed by atoms with Crippen molar-refractivity contribution in [3.63, 3.8) is 0 Å². The van der Waals surface area contributed by atoms with Crippen LogP contribution in [-0.2, 0) is 5.88 Å². The number of halogens is 2. The van der Waals surface area contributed by atoms with Gasteiger partial charge < -0.3 is 9.64 Å². The Hall–Kier alpha value is -0.440. The average Bonchev–Trinajstić information content (AvgIpc) is 2.35. The second-order valence-corrected chi connectivity index (χ2v) is 3.92. The summed E-state index contributed by atoms with van der Waals surface area (Å²) in [4.78, 5) is 2.34. The lowest BCUT2D eigenvalue weighted by Gasteiger charge is -2.17. The molecule has 1 aromatic carbocycles. The molecule has 0 bridgehead atoms. The Morgan fingerprint density at radius 1 is 1.12 bits per heavy atom. The van der Waals surface area contributed by atoms with Crippen molar-refractivity contribution in [1.29, 1.82) is 0 Å². The van der Waals surface area contributed by atoms with Crippen LogP contribution in [0.5, 0.6) is 5.75 Å². The number of likely N-dealkylation sites (N-methyl/N-ethyl adjacent to an activating group) is 1. The molecule has 0 heterocycles.